The predicted octanol–water partition coefficient (Wildman–Crippen LogP) is 3.54. The average molecular weight is 309 g/mol. The van der Waals surface area contributed by atoms with Crippen molar-refractivity contribution in [3.05, 3.63) is 18.0 Å². The number of hydrogen-bond acceptors (Lipinski definition) is 5. The molecule has 0 bridgehead atoms. The van der Waals surface area contributed by atoms with Gasteiger partial charge in [0, 0.05) is 31.1 Å². The smallest absolute Gasteiger partial charge is 0.187 e. The molecular weight excluding hydrogens is 282 g/mol. The van der Waals surface area contributed by atoms with E-state index >= 15 is 0 Å². The Morgan fingerprint density at radius 2 is 2.10 bits per heavy atom. The summed E-state index contributed by atoms with van der Waals surface area (Å²) in [6, 6.07) is 2.39. The van der Waals surface area contributed by atoms with Crippen LogP contribution in [0.3, 0.4) is 0 Å². The highest BCUT2D eigenvalue weighted by Gasteiger charge is 2.19. The molecule has 1 aromatic rings. The van der Waals surface area contributed by atoms with Crippen LogP contribution in [-0.2, 0) is 4.74 Å². The number of rotatable bonds is 8. The van der Waals surface area contributed by atoms with Gasteiger partial charge in [0.2, 0.25) is 0 Å². The maximum Gasteiger partial charge on any atom is 0.187 e. The van der Waals surface area contributed by atoms with Gasteiger partial charge >= 0.3 is 0 Å². The molecule has 1 fully saturated rings. The van der Waals surface area contributed by atoms with Gasteiger partial charge in [0.15, 0.2) is 5.16 Å². The molecule has 1 atom stereocenters. The molecule has 1 saturated heterocycles. The first-order valence-corrected chi connectivity index (χ1v) is 9.07. The van der Waals surface area contributed by atoms with E-state index in [4.69, 9.17) is 9.72 Å². The maximum absolute atomic E-state index is 5.42. The van der Waals surface area contributed by atoms with E-state index in [1.54, 1.807) is 11.8 Å². The van der Waals surface area contributed by atoms with Crippen molar-refractivity contribution in [1.29, 1.82) is 0 Å². The van der Waals surface area contributed by atoms with Gasteiger partial charge in [-0.25, -0.2) is 9.97 Å². The van der Waals surface area contributed by atoms with Crippen LogP contribution < -0.4 is 0 Å². The molecule has 1 aliphatic heterocycles. The van der Waals surface area contributed by atoms with Gasteiger partial charge in [-0.1, -0.05) is 37.9 Å². The van der Waals surface area contributed by atoms with E-state index in [1.807, 2.05) is 12.3 Å². The summed E-state index contributed by atoms with van der Waals surface area (Å²) in [5.74, 6) is 1.12. The number of thioether (sulfide) groups is 1. The third-order valence-corrected chi connectivity index (χ3v) is 4.85. The maximum atomic E-state index is 5.42. The largest absolute Gasteiger partial charge is 0.379 e. The van der Waals surface area contributed by atoms with Crippen LogP contribution in [0.4, 0.5) is 0 Å². The van der Waals surface area contributed by atoms with Gasteiger partial charge in [-0.05, 0) is 19.4 Å². The molecule has 1 aromatic heterocycles. The number of hydrogen-bond donors (Lipinski definition) is 0. The molecule has 0 aromatic carbocycles. The first-order valence-electron chi connectivity index (χ1n) is 8.08. The molecule has 4 nitrogen and oxygen atoms in total. The van der Waals surface area contributed by atoms with E-state index < -0.39 is 0 Å². The Morgan fingerprint density at radius 1 is 1.29 bits per heavy atom. The van der Waals surface area contributed by atoms with E-state index in [1.165, 1.54) is 25.7 Å². The zero-order valence-corrected chi connectivity index (χ0v) is 14.1. The van der Waals surface area contributed by atoms with E-state index in [9.17, 15) is 0 Å². The Bertz CT molecular complexity index is 410. The van der Waals surface area contributed by atoms with Crippen molar-refractivity contribution in [1.82, 2.24) is 14.9 Å². The molecule has 118 valence electrons. The minimum absolute atomic E-state index is 0.344. The van der Waals surface area contributed by atoms with Crippen molar-refractivity contribution in [2.45, 2.75) is 50.7 Å². The molecule has 0 amide bonds. The zero-order valence-electron chi connectivity index (χ0n) is 13.3. The highest BCUT2D eigenvalue weighted by Crippen LogP contribution is 2.22. The number of aromatic nitrogens is 2. The standard InChI is InChI=1S/C16H27N3OS/c1-3-4-5-6-13-21-16-17-8-7-15(18-16)14(2)19-9-11-20-12-10-19/h7-8,14H,3-6,9-13H2,1-2H3. The molecule has 0 radical (unpaired) electrons. The summed E-state index contributed by atoms with van der Waals surface area (Å²) >= 11 is 1.78. The van der Waals surface area contributed by atoms with Gasteiger partial charge in [0.25, 0.3) is 0 Å². The molecule has 0 aliphatic carbocycles. The fourth-order valence-electron chi connectivity index (χ4n) is 2.50. The highest BCUT2D eigenvalue weighted by molar-refractivity contribution is 7.99. The van der Waals surface area contributed by atoms with Gasteiger partial charge in [-0.2, -0.15) is 0 Å². The third-order valence-electron chi connectivity index (χ3n) is 3.91. The van der Waals surface area contributed by atoms with Crippen molar-refractivity contribution >= 4 is 11.8 Å². The fourth-order valence-corrected chi connectivity index (χ4v) is 3.34. The summed E-state index contributed by atoms with van der Waals surface area (Å²) in [6.45, 7) is 8.11. The Hall–Kier alpha value is -0.650. The molecule has 1 unspecified atom stereocenters. The molecule has 5 heteroatoms. The Morgan fingerprint density at radius 3 is 2.86 bits per heavy atom. The molecule has 21 heavy (non-hydrogen) atoms. The SMILES string of the molecule is CCCCCCSc1nccc(C(C)N2CCOCC2)n1. The second-order valence-corrected chi connectivity index (χ2v) is 6.56. The molecule has 0 N–H and O–H groups in total. The second kappa shape index (κ2) is 9.38. The Labute approximate surface area is 132 Å². The zero-order chi connectivity index (χ0) is 14.9. The monoisotopic (exact) mass is 309 g/mol. The number of morpholine rings is 1. The van der Waals surface area contributed by atoms with Crippen molar-refractivity contribution < 1.29 is 4.74 Å². The molecule has 2 heterocycles. The molecule has 0 saturated carbocycles. The van der Waals surface area contributed by atoms with E-state index in [0.29, 0.717) is 6.04 Å². The van der Waals surface area contributed by atoms with Crippen LogP contribution in [0.2, 0.25) is 0 Å². The summed E-state index contributed by atoms with van der Waals surface area (Å²) in [5, 5.41) is 0.920. The van der Waals surface area contributed by atoms with Crippen LogP contribution in [-0.4, -0.2) is 46.9 Å². The summed E-state index contributed by atoms with van der Waals surface area (Å²) in [4.78, 5) is 11.6. The second-order valence-electron chi connectivity index (χ2n) is 5.50. The van der Waals surface area contributed by atoms with Gasteiger partial charge in [-0.15, -0.1) is 0 Å². The lowest BCUT2D eigenvalue weighted by molar-refractivity contribution is 0.0189. The normalized spacial score (nSPS) is 17.8. The topological polar surface area (TPSA) is 38.2 Å². The molecular formula is C16H27N3OS. The van der Waals surface area contributed by atoms with Gasteiger partial charge in [0.05, 0.1) is 18.9 Å². The van der Waals surface area contributed by atoms with Crippen molar-refractivity contribution in [2.24, 2.45) is 0 Å². The minimum Gasteiger partial charge on any atom is -0.379 e. The van der Waals surface area contributed by atoms with Crippen LogP contribution in [0.1, 0.15) is 51.3 Å². The fraction of sp³-hybridized carbons (Fsp3) is 0.750. The lowest BCUT2D eigenvalue weighted by Crippen LogP contribution is -2.38. The first-order chi connectivity index (χ1) is 10.3. The lowest BCUT2D eigenvalue weighted by Gasteiger charge is -2.31. The van der Waals surface area contributed by atoms with Crippen LogP contribution in [0, 0.1) is 0 Å². The summed E-state index contributed by atoms with van der Waals surface area (Å²) < 4.78 is 5.42. The van der Waals surface area contributed by atoms with E-state index in [-0.39, 0.29) is 0 Å². The minimum atomic E-state index is 0.344. The Kier molecular flexibility index (Phi) is 7.47. The average Bonchev–Trinajstić information content (AvgIpc) is 2.55. The van der Waals surface area contributed by atoms with Crippen LogP contribution >= 0.6 is 11.8 Å². The van der Waals surface area contributed by atoms with Crippen LogP contribution in [0.5, 0.6) is 0 Å². The van der Waals surface area contributed by atoms with Crippen molar-refractivity contribution in [3.8, 4) is 0 Å². The molecule has 0 spiro atoms. The van der Waals surface area contributed by atoms with Crippen LogP contribution in [0.15, 0.2) is 17.4 Å². The lowest BCUT2D eigenvalue weighted by atomic mass is 10.2. The number of ether oxygens (including phenoxy) is 1. The summed E-state index contributed by atoms with van der Waals surface area (Å²) in [7, 11) is 0. The first kappa shape index (κ1) is 16.7. The Balaban J connectivity index is 1.84. The van der Waals surface area contributed by atoms with Crippen molar-refractivity contribution in [2.75, 3.05) is 32.1 Å². The van der Waals surface area contributed by atoms with E-state index in [0.717, 1.165) is 42.9 Å². The summed E-state index contributed by atoms with van der Waals surface area (Å²) in [6.07, 6.45) is 7.08. The van der Waals surface area contributed by atoms with Gasteiger partial charge in [0.1, 0.15) is 0 Å². The van der Waals surface area contributed by atoms with Gasteiger partial charge < -0.3 is 4.74 Å². The van der Waals surface area contributed by atoms with Crippen molar-refractivity contribution in [3.63, 3.8) is 0 Å². The van der Waals surface area contributed by atoms with Crippen LogP contribution in [0.25, 0.3) is 0 Å². The van der Waals surface area contributed by atoms with E-state index in [2.05, 4.69) is 23.7 Å². The highest BCUT2D eigenvalue weighted by atomic mass is 32.2. The number of nitrogens with zero attached hydrogens (tertiary/aromatic N) is 3. The van der Waals surface area contributed by atoms with Gasteiger partial charge in [-0.3, -0.25) is 4.90 Å². The third kappa shape index (κ3) is 5.57. The quantitative estimate of drug-likeness (QED) is 0.417. The summed E-state index contributed by atoms with van der Waals surface area (Å²) in [5.41, 5.74) is 1.13. The molecule has 2 rings (SSSR count). The molecule has 1 aliphatic rings. The predicted molar refractivity (Wildman–Crippen MR) is 87.7 cm³/mol. The number of unbranched alkanes of at least 4 members (excludes halogenated alkanes) is 3.